The molecule has 0 amide bonds. The topological polar surface area (TPSA) is 102 Å². The fourth-order valence-electron chi connectivity index (χ4n) is 5.69. The van der Waals surface area contributed by atoms with Gasteiger partial charge in [0.15, 0.2) is 6.10 Å². The zero-order chi connectivity index (χ0) is 42.8. The Morgan fingerprint density at radius 3 is 1.47 bits per heavy atom. The van der Waals surface area contributed by atoms with Crippen molar-refractivity contribution < 1.29 is 38.2 Å². The third-order valence-corrected chi connectivity index (χ3v) is 9.12. The van der Waals surface area contributed by atoms with Crippen LogP contribution < -0.4 is 5.11 Å². The molecule has 0 aliphatic heterocycles. The van der Waals surface area contributed by atoms with Gasteiger partial charge < -0.3 is 28.6 Å². The number of carbonyl (C=O) groups is 3. The molecule has 0 radical (unpaired) electrons. The van der Waals surface area contributed by atoms with E-state index in [4.69, 9.17) is 14.2 Å². The molecule has 58 heavy (non-hydrogen) atoms. The van der Waals surface area contributed by atoms with Crippen LogP contribution in [0.25, 0.3) is 0 Å². The van der Waals surface area contributed by atoms with Crippen molar-refractivity contribution in [3.8, 4) is 0 Å². The van der Waals surface area contributed by atoms with E-state index in [-0.39, 0.29) is 49.1 Å². The first-order chi connectivity index (χ1) is 28.1. The summed E-state index contributed by atoms with van der Waals surface area (Å²) in [5, 5.41) is 11.6. The lowest BCUT2D eigenvalue weighted by Gasteiger charge is -2.34. The lowest BCUT2D eigenvalue weighted by Crippen LogP contribution is -2.55. The lowest BCUT2D eigenvalue weighted by atomic mass is 10.1. The van der Waals surface area contributed by atoms with Gasteiger partial charge in [0, 0.05) is 19.3 Å². The lowest BCUT2D eigenvalue weighted by molar-refractivity contribution is -0.889. The molecular weight excluding hydrogens is 727 g/mol. The van der Waals surface area contributed by atoms with E-state index in [9.17, 15) is 19.5 Å². The highest BCUT2D eigenvalue weighted by Gasteiger charge is 2.25. The first-order valence-corrected chi connectivity index (χ1v) is 22.0. The van der Waals surface area contributed by atoms with Gasteiger partial charge in [0.25, 0.3) is 0 Å². The third kappa shape index (κ3) is 37.6. The number of ether oxygens (including phenoxy) is 3. The monoisotopic (exact) mass is 806 g/mol. The Hall–Kier alpha value is -4.01. The molecule has 0 aromatic heterocycles. The molecule has 0 aliphatic carbocycles. The maximum atomic E-state index is 12.7. The number of carboxylic acid groups (broad SMARTS) is 1. The van der Waals surface area contributed by atoms with Crippen LogP contribution in [0.5, 0.6) is 0 Å². The third-order valence-electron chi connectivity index (χ3n) is 9.12. The number of likely N-dealkylation sites (N-methyl/N-ethyl adjacent to an activating group) is 1. The van der Waals surface area contributed by atoms with Gasteiger partial charge in [0.2, 0.25) is 0 Å². The van der Waals surface area contributed by atoms with Gasteiger partial charge >= 0.3 is 11.9 Å². The predicted molar refractivity (Wildman–Crippen MR) is 240 cm³/mol. The molecule has 0 saturated carbocycles. The Morgan fingerprint density at radius 2 is 0.966 bits per heavy atom. The molecule has 0 spiro atoms. The normalized spacial score (nSPS) is 14.0. The van der Waals surface area contributed by atoms with Crippen molar-refractivity contribution >= 4 is 17.9 Å². The number of carboxylic acids is 1. The van der Waals surface area contributed by atoms with E-state index in [0.29, 0.717) is 12.8 Å². The molecule has 0 aromatic carbocycles. The summed E-state index contributed by atoms with van der Waals surface area (Å²) < 4.78 is 17.1. The second kappa shape index (κ2) is 39.8. The van der Waals surface area contributed by atoms with Crippen molar-refractivity contribution in [3.63, 3.8) is 0 Å². The number of rotatable bonds is 37. The van der Waals surface area contributed by atoms with Crippen molar-refractivity contribution in [2.75, 3.05) is 41.0 Å². The van der Waals surface area contributed by atoms with Crippen LogP contribution in [0.4, 0.5) is 0 Å². The Kier molecular flexibility index (Phi) is 37.0. The van der Waals surface area contributed by atoms with Gasteiger partial charge in [0.05, 0.1) is 40.3 Å². The Bertz CT molecular complexity index is 1310. The molecule has 0 fully saturated rings. The SMILES string of the molecule is CC/C=C/C=C/C=C/C=C/C=C/C=C/C=C/CCCCCC(=O)OC(COCCC(C(=O)[O-])[N+](C)(C)C)COC(=O)CCCCCCCC/C=C/C=C/CCCCC. The summed E-state index contributed by atoms with van der Waals surface area (Å²) in [7, 11) is 5.37. The number of unbranched alkanes of at least 4 members (excludes halogenated alkanes) is 12. The smallest absolute Gasteiger partial charge is 0.306 e. The minimum absolute atomic E-state index is 0.00992. The summed E-state index contributed by atoms with van der Waals surface area (Å²) in [6, 6.07) is -0.744. The second-order valence-electron chi connectivity index (χ2n) is 15.4. The number of aliphatic carboxylic acids is 1. The van der Waals surface area contributed by atoms with Gasteiger partial charge in [-0.2, -0.15) is 0 Å². The Labute approximate surface area is 353 Å². The number of allylic oxidation sites excluding steroid dienone is 18. The summed E-state index contributed by atoms with van der Waals surface area (Å²) in [5.41, 5.74) is 0. The van der Waals surface area contributed by atoms with E-state index in [1.54, 1.807) is 21.1 Å². The number of carbonyl (C=O) groups excluding carboxylic acids is 3. The van der Waals surface area contributed by atoms with Crippen LogP contribution in [0.1, 0.15) is 136 Å². The molecule has 0 aliphatic rings. The molecule has 0 saturated heterocycles. The summed E-state index contributed by atoms with van der Waals surface area (Å²) in [5.74, 6) is -1.83. The summed E-state index contributed by atoms with van der Waals surface area (Å²) >= 11 is 0. The molecule has 0 heterocycles. The van der Waals surface area contributed by atoms with Crippen LogP contribution in [0.2, 0.25) is 0 Å². The number of hydrogen-bond donors (Lipinski definition) is 0. The zero-order valence-corrected chi connectivity index (χ0v) is 36.9. The van der Waals surface area contributed by atoms with Crippen LogP contribution in [0, 0.1) is 0 Å². The van der Waals surface area contributed by atoms with Gasteiger partial charge in [-0.1, -0.05) is 168 Å². The zero-order valence-electron chi connectivity index (χ0n) is 36.9. The van der Waals surface area contributed by atoms with E-state index in [0.717, 1.165) is 64.2 Å². The van der Waals surface area contributed by atoms with Crippen LogP contribution in [-0.4, -0.2) is 75.5 Å². The quantitative estimate of drug-likeness (QED) is 0.0267. The molecule has 0 aromatic rings. The number of nitrogens with zero attached hydrogens (tertiary/aromatic N) is 1. The first-order valence-electron chi connectivity index (χ1n) is 22.0. The first kappa shape index (κ1) is 54.0. The van der Waals surface area contributed by atoms with Gasteiger partial charge in [0.1, 0.15) is 12.6 Å². The van der Waals surface area contributed by atoms with Gasteiger partial charge in [-0.25, -0.2) is 0 Å². The minimum atomic E-state index is -1.14. The molecule has 326 valence electrons. The molecule has 0 rings (SSSR count). The largest absolute Gasteiger partial charge is 0.544 e. The molecule has 8 nitrogen and oxygen atoms in total. The maximum absolute atomic E-state index is 12.7. The molecule has 8 heteroatoms. The average Bonchev–Trinajstić information content (AvgIpc) is 3.18. The number of esters is 2. The molecular formula is C50H79NO7. The van der Waals surface area contributed by atoms with Crippen molar-refractivity contribution in [3.05, 3.63) is 109 Å². The fraction of sp³-hybridized carbons (Fsp3) is 0.580. The molecule has 0 bridgehead atoms. The predicted octanol–water partition coefficient (Wildman–Crippen LogP) is 10.7. The van der Waals surface area contributed by atoms with Crippen molar-refractivity contribution in [2.45, 2.75) is 148 Å². The van der Waals surface area contributed by atoms with Crippen molar-refractivity contribution in [1.29, 1.82) is 0 Å². The Balaban J connectivity index is 4.52. The van der Waals surface area contributed by atoms with Crippen molar-refractivity contribution in [1.82, 2.24) is 0 Å². The highest BCUT2D eigenvalue weighted by Crippen LogP contribution is 2.12. The second-order valence-corrected chi connectivity index (χ2v) is 15.4. The van der Waals surface area contributed by atoms with Crippen LogP contribution in [0.3, 0.4) is 0 Å². The van der Waals surface area contributed by atoms with Crippen LogP contribution in [-0.2, 0) is 28.6 Å². The van der Waals surface area contributed by atoms with E-state index in [1.165, 1.54) is 32.1 Å². The summed E-state index contributed by atoms with van der Waals surface area (Å²) in [6.45, 7) is 4.39. The van der Waals surface area contributed by atoms with E-state index < -0.39 is 18.1 Å². The van der Waals surface area contributed by atoms with Gasteiger partial charge in [-0.05, 0) is 57.8 Å². The molecule has 0 N–H and O–H groups in total. The van der Waals surface area contributed by atoms with E-state index >= 15 is 0 Å². The summed E-state index contributed by atoms with van der Waals surface area (Å²) in [6.07, 6.45) is 53.9. The highest BCUT2D eigenvalue weighted by atomic mass is 16.6. The number of hydrogen-bond acceptors (Lipinski definition) is 7. The van der Waals surface area contributed by atoms with Crippen LogP contribution >= 0.6 is 0 Å². The fourth-order valence-corrected chi connectivity index (χ4v) is 5.69. The van der Waals surface area contributed by atoms with Crippen molar-refractivity contribution in [2.24, 2.45) is 0 Å². The average molecular weight is 806 g/mol. The number of quaternary nitrogens is 1. The van der Waals surface area contributed by atoms with Crippen LogP contribution in [0.15, 0.2) is 109 Å². The van der Waals surface area contributed by atoms with Gasteiger partial charge in [-0.15, -0.1) is 0 Å². The minimum Gasteiger partial charge on any atom is -0.544 e. The van der Waals surface area contributed by atoms with E-state index in [2.05, 4.69) is 50.3 Å². The molecule has 2 atom stereocenters. The highest BCUT2D eigenvalue weighted by molar-refractivity contribution is 5.70. The Morgan fingerprint density at radius 1 is 0.534 bits per heavy atom. The maximum Gasteiger partial charge on any atom is 0.306 e. The molecule has 2 unspecified atom stereocenters. The standard InChI is InChI=1S/C50H79NO7/c1-6-8-10-12-14-16-18-20-22-23-24-25-27-29-31-33-35-37-39-41-49(53)58-46(44-56-43-42-47(50(54)55)51(3,4)5)45-57-48(52)40-38-36-34-32-30-28-26-21-19-17-15-13-11-9-7-2/h8,10,12,14-25,27,29,31,46-47H,6-7,9,11,13,26,28,30,32-45H2,1-5H3/b10-8+,14-12+,17-15+,18-16+,21-19+,22-20+,24-23+,27-25+,31-29+. The van der Waals surface area contributed by atoms with E-state index in [1.807, 2.05) is 72.9 Å². The summed E-state index contributed by atoms with van der Waals surface area (Å²) in [4.78, 5) is 36.9. The van der Waals surface area contributed by atoms with Gasteiger partial charge in [-0.3, -0.25) is 9.59 Å².